The lowest BCUT2D eigenvalue weighted by Crippen LogP contribution is -2.52. The summed E-state index contributed by atoms with van der Waals surface area (Å²) >= 11 is 1.45. The van der Waals surface area contributed by atoms with Gasteiger partial charge in [-0.3, -0.25) is 9.69 Å². The Labute approximate surface area is 188 Å². The van der Waals surface area contributed by atoms with Gasteiger partial charge in [0.25, 0.3) is 5.91 Å². The standard InChI is InChI=1S/C22H23N3O6S/c1-29-21(27)17-11-31-22(28)25(17)15-4-7-24(8-5-15)20(26)16-12-32-19(23-16)14-2-3-18-13(10-14)6-9-30-18/h2-3,10,12,15,17H,4-9,11H2,1H3. The predicted molar refractivity (Wildman–Crippen MR) is 115 cm³/mol. The first-order valence-corrected chi connectivity index (χ1v) is 11.5. The molecule has 5 rings (SSSR count). The molecule has 2 fully saturated rings. The van der Waals surface area contributed by atoms with Gasteiger partial charge in [0.2, 0.25) is 0 Å². The van der Waals surface area contributed by atoms with Gasteiger partial charge in [-0.05, 0) is 36.6 Å². The Bertz CT molecular complexity index is 1060. The number of likely N-dealkylation sites (tertiary alicyclic amines) is 1. The van der Waals surface area contributed by atoms with Crippen LogP contribution in [0.1, 0.15) is 28.9 Å². The molecular formula is C22H23N3O6S. The van der Waals surface area contributed by atoms with E-state index in [1.807, 2.05) is 12.1 Å². The summed E-state index contributed by atoms with van der Waals surface area (Å²) in [5.74, 6) is 0.312. The van der Waals surface area contributed by atoms with Gasteiger partial charge in [-0.2, -0.15) is 0 Å². The van der Waals surface area contributed by atoms with Crippen molar-refractivity contribution >= 4 is 29.3 Å². The van der Waals surface area contributed by atoms with Crippen LogP contribution < -0.4 is 4.74 Å². The number of benzene rings is 1. The second-order valence-corrected chi connectivity index (χ2v) is 8.86. The highest BCUT2D eigenvalue weighted by Gasteiger charge is 2.44. The molecule has 0 N–H and O–H groups in total. The molecule has 3 aliphatic heterocycles. The number of carbonyl (C=O) groups excluding carboxylic acids is 3. The highest BCUT2D eigenvalue weighted by Crippen LogP contribution is 2.32. The monoisotopic (exact) mass is 457 g/mol. The van der Waals surface area contributed by atoms with Gasteiger partial charge < -0.3 is 19.1 Å². The fraction of sp³-hybridized carbons (Fsp3) is 0.455. The average molecular weight is 458 g/mol. The summed E-state index contributed by atoms with van der Waals surface area (Å²) in [6.45, 7) is 1.65. The number of ether oxygens (including phenoxy) is 3. The van der Waals surface area contributed by atoms with Crippen LogP contribution in [0.2, 0.25) is 0 Å². The predicted octanol–water partition coefficient (Wildman–Crippen LogP) is 2.34. The van der Waals surface area contributed by atoms with Crippen LogP contribution in [0.3, 0.4) is 0 Å². The van der Waals surface area contributed by atoms with E-state index in [9.17, 15) is 14.4 Å². The third kappa shape index (κ3) is 3.68. The molecule has 1 atom stereocenters. The molecule has 32 heavy (non-hydrogen) atoms. The van der Waals surface area contributed by atoms with E-state index in [1.54, 1.807) is 10.3 Å². The van der Waals surface area contributed by atoms with Gasteiger partial charge in [0.05, 0.1) is 13.7 Å². The first kappa shape index (κ1) is 20.7. The fourth-order valence-corrected chi connectivity index (χ4v) is 5.28. The van der Waals surface area contributed by atoms with E-state index in [2.05, 4.69) is 11.1 Å². The number of carbonyl (C=O) groups is 3. The summed E-state index contributed by atoms with van der Waals surface area (Å²) in [5, 5.41) is 2.59. The maximum atomic E-state index is 13.0. The molecule has 2 aromatic rings. The molecule has 168 valence electrons. The van der Waals surface area contributed by atoms with Gasteiger partial charge in [0.15, 0.2) is 6.04 Å². The number of thiazole rings is 1. The Morgan fingerprint density at radius 2 is 2.03 bits per heavy atom. The second kappa shape index (κ2) is 8.42. The van der Waals surface area contributed by atoms with E-state index >= 15 is 0 Å². The number of rotatable bonds is 4. The molecule has 0 saturated carbocycles. The molecule has 1 aromatic heterocycles. The van der Waals surface area contributed by atoms with Crippen molar-refractivity contribution in [2.24, 2.45) is 0 Å². The summed E-state index contributed by atoms with van der Waals surface area (Å²) in [6, 6.07) is 5.11. The zero-order chi connectivity index (χ0) is 22.2. The number of methoxy groups -OCH3 is 1. The minimum atomic E-state index is -0.724. The lowest BCUT2D eigenvalue weighted by Gasteiger charge is -2.36. The SMILES string of the molecule is COC(=O)C1COC(=O)N1C1CCN(C(=O)c2csc(-c3ccc4c(c3)CCO4)n2)CC1. The smallest absolute Gasteiger partial charge is 0.410 e. The summed E-state index contributed by atoms with van der Waals surface area (Å²) in [5.41, 5.74) is 2.57. The molecule has 2 saturated heterocycles. The molecule has 2 amide bonds. The Balaban J connectivity index is 1.23. The van der Waals surface area contributed by atoms with Gasteiger partial charge in [-0.1, -0.05) is 0 Å². The van der Waals surface area contributed by atoms with Gasteiger partial charge in [0, 0.05) is 36.5 Å². The maximum absolute atomic E-state index is 13.0. The van der Waals surface area contributed by atoms with Crippen LogP contribution in [0, 0.1) is 0 Å². The van der Waals surface area contributed by atoms with Crippen molar-refractivity contribution in [3.63, 3.8) is 0 Å². The minimum absolute atomic E-state index is 0.00106. The van der Waals surface area contributed by atoms with Crippen molar-refractivity contribution < 1.29 is 28.6 Å². The molecule has 3 aliphatic rings. The van der Waals surface area contributed by atoms with Crippen molar-refractivity contribution in [1.29, 1.82) is 0 Å². The summed E-state index contributed by atoms with van der Waals surface area (Å²) in [6.07, 6.45) is 1.51. The Morgan fingerprint density at radius 3 is 2.81 bits per heavy atom. The van der Waals surface area contributed by atoms with Crippen molar-refractivity contribution in [3.8, 4) is 16.3 Å². The van der Waals surface area contributed by atoms with Crippen LogP contribution in [-0.4, -0.2) is 78.3 Å². The van der Waals surface area contributed by atoms with Crippen LogP contribution in [0.5, 0.6) is 5.75 Å². The number of esters is 1. The number of cyclic esters (lactones) is 1. The summed E-state index contributed by atoms with van der Waals surface area (Å²) < 4.78 is 15.4. The number of aromatic nitrogens is 1. The van der Waals surface area contributed by atoms with Crippen LogP contribution >= 0.6 is 11.3 Å². The number of amides is 2. The molecule has 0 aliphatic carbocycles. The zero-order valence-corrected chi connectivity index (χ0v) is 18.4. The number of fused-ring (bicyclic) bond motifs is 1. The topological polar surface area (TPSA) is 98.3 Å². The fourth-order valence-electron chi connectivity index (χ4n) is 4.49. The maximum Gasteiger partial charge on any atom is 0.410 e. The van der Waals surface area contributed by atoms with Crippen LogP contribution in [0.25, 0.3) is 10.6 Å². The normalized spacial score (nSPS) is 20.7. The van der Waals surface area contributed by atoms with E-state index in [0.717, 1.165) is 22.7 Å². The van der Waals surface area contributed by atoms with Gasteiger partial charge in [0.1, 0.15) is 23.1 Å². The highest BCUT2D eigenvalue weighted by molar-refractivity contribution is 7.13. The Morgan fingerprint density at radius 1 is 1.22 bits per heavy atom. The molecule has 1 aromatic carbocycles. The Kier molecular flexibility index (Phi) is 5.46. The highest BCUT2D eigenvalue weighted by atomic mass is 32.1. The quantitative estimate of drug-likeness (QED) is 0.650. The first-order chi connectivity index (χ1) is 15.5. The molecule has 9 nitrogen and oxygen atoms in total. The molecule has 4 heterocycles. The third-order valence-electron chi connectivity index (χ3n) is 6.19. The largest absolute Gasteiger partial charge is 0.493 e. The molecule has 10 heteroatoms. The number of hydrogen-bond donors (Lipinski definition) is 0. The van der Waals surface area contributed by atoms with Crippen LogP contribution in [0.15, 0.2) is 23.6 Å². The van der Waals surface area contributed by atoms with E-state index in [1.165, 1.54) is 28.9 Å². The van der Waals surface area contributed by atoms with Crippen molar-refractivity contribution in [3.05, 3.63) is 34.8 Å². The van der Waals surface area contributed by atoms with Crippen molar-refractivity contribution in [2.75, 3.05) is 33.4 Å². The molecule has 0 bridgehead atoms. The van der Waals surface area contributed by atoms with E-state index in [0.29, 0.717) is 38.2 Å². The number of piperidine rings is 1. The lowest BCUT2D eigenvalue weighted by atomic mass is 10.0. The molecule has 0 spiro atoms. The molecule has 1 unspecified atom stereocenters. The van der Waals surface area contributed by atoms with E-state index < -0.39 is 18.1 Å². The van der Waals surface area contributed by atoms with E-state index in [-0.39, 0.29) is 18.6 Å². The van der Waals surface area contributed by atoms with Crippen molar-refractivity contribution in [1.82, 2.24) is 14.8 Å². The number of hydrogen-bond acceptors (Lipinski definition) is 8. The van der Waals surface area contributed by atoms with Gasteiger partial charge in [-0.25, -0.2) is 14.6 Å². The number of nitrogens with zero attached hydrogens (tertiary/aromatic N) is 3. The van der Waals surface area contributed by atoms with Gasteiger partial charge in [-0.15, -0.1) is 11.3 Å². The zero-order valence-electron chi connectivity index (χ0n) is 17.6. The van der Waals surface area contributed by atoms with E-state index in [4.69, 9.17) is 14.2 Å². The summed E-state index contributed by atoms with van der Waals surface area (Å²) in [7, 11) is 1.29. The van der Waals surface area contributed by atoms with Gasteiger partial charge >= 0.3 is 12.1 Å². The minimum Gasteiger partial charge on any atom is -0.493 e. The third-order valence-corrected chi connectivity index (χ3v) is 7.08. The first-order valence-electron chi connectivity index (χ1n) is 10.6. The second-order valence-electron chi connectivity index (χ2n) is 8.01. The van der Waals surface area contributed by atoms with Crippen molar-refractivity contribution in [2.45, 2.75) is 31.3 Å². The molecular weight excluding hydrogens is 434 g/mol. The molecule has 0 radical (unpaired) electrons. The average Bonchev–Trinajstić information content (AvgIpc) is 3.57. The lowest BCUT2D eigenvalue weighted by molar-refractivity contribution is -0.145. The van der Waals surface area contributed by atoms with Crippen LogP contribution in [0.4, 0.5) is 4.79 Å². The summed E-state index contributed by atoms with van der Waals surface area (Å²) in [4.78, 5) is 44.9. The Hall–Kier alpha value is -3.14. The van der Waals surface area contributed by atoms with Crippen LogP contribution in [-0.2, 0) is 20.7 Å².